The quantitative estimate of drug-likeness (QED) is 0.201. The van der Waals surface area contributed by atoms with Gasteiger partial charge < -0.3 is 13.7 Å². The SMILES string of the molecule is c1cncc(-c2ccc(N(c3ccc4cc5oc6ccccc6c5cc4c3)c3ccc4cc5oc6ccccc6c5cc4c3)cc2)c1. The molecule has 4 nitrogen and oxygen atoms in total. The van der Waals surface area contributed by atoms with E-state index in [1.807, 2.05) is 36.5 Å². The highest BCUT2D eigenvalue weighted by molar-refractivity contribution is 6.12. The summed E-state index contributed by atoms with van der Waals surface area (Å²) in [5.41, 5.74) is 9.07. The second-order valence-electron chi connectivity index (χ2n) is 12.1. The summed E-state index contributed by atoms with van der Waals surface area (Å²) in [6.07, 6.45) is 3.71. The Labute approximate surface area is 269 Å². The van der Waals surface area contributed by atoms with E-state index < -0.39 is 0 Å². The second-order valence-corrected chi connectivity index (χ2v) is 12.1. The monoisotopic (exact) mass is 602 g/mol. The molecule has 10 aromatic rings. The molecule has 0 spiro atoms. The van der Waals surface area contributed by atoms with Gasteiger partial charge in [0.05, 0.1) is 0 Å². The van der Waals surface area contributed by atoms with Gasteiger partial charge in [0.15, 0.2) is 0 Å². The van der Waals surface area contributed by atoms with Crippen LogP contribution < -0.4 is 4.90 Å². The number of aromatic nitrogens is 1. The molecule has 3 heterocycles. The molecule has 3 aromatic heterocycles. The van der Waals surface area contributed by atoms with Gasteiger partial charge in [-0.15, -0.1) is 0 Å². The van der Waals surface area contributed by atoms with Crippen LogP contribution in [0.3, 0.4) is 0 Å². The van der Waals surface area contributed by atoms with Crippen molar-refractivity contribution in [2.45, 2.75) is 0 Å². The van der Waals surface area contributed by atoms with E-state index in [1.165, 1.54) is 0 Å². The van der Waals surface area contributed by atoms with E-state index in [1.54, 1.807) is 6.20 Å². The first kappa shape index (κ1) is 25.9. The third kappa shape index (κ3) is 4.19. The predicted octanol–water partition coefficient (Wildman–Crippen LogP) is 12.3. The molecule has 220 valence electrons. The molecule has 0 N–H and O–H groups in total. The zero-order valence-electron chi connectivity index (χ0n) is 25.2. The molecule has 0 amide bonds. The van der Waals surface area contributed by atoms with Gasteiger partial charge >= 0.3 is 0 Å². The maximum Gasteiger partial charge on any atom is 0.136 e. The van der Waals surface area contributed by atoms with Crippen molar-refractivity contribution in [1.29, 1.82) is 0 Å². The molecule has 47 heavy (non-hydrogen) atoms. The minimum absolute atomic E-state index is 0.905. The molecule has 0 atom stereocenters. The molecule has 0 fully saturated rings. The van der Waals surface area contributed by atoms with Gasteiger partial charge in [0, 0.05) is 51.0 Å². The lowest BCUT2D eigenvalue weighted by Gasteiger charge is -2.26. The molecular formula is C43H26N2O2. The highest BCUT2D eigenvalue weighted by Gasteiger charge is 2.17. The maximum atomic E-state index is 6.20. The number of pyridine rings is 1. The molecule has 0 aliphatic rings. The van der Waals surface area contributed by atoms with E-state index in [0.29, 0.717) is 0 Å². The van der Waals surface area contributed by atoms with Crippen LogP contribution >= 0.6 is 0 Å². The maximum absolute atomic E-state index is 6.20. The Morgan fingerprint density at radius 3 is 1.49 bits per heavy atom. The number of anilines is 3. The van der Waals surface area contributed by atoms with Crippen LogP contribution in [0.15, 0.2) is 167 Å². The minimum Gasteiger partial charge on any atom is -0.456 e. The molecule has 0 unspecified atom stereocenters. The normalized spacial score (nSPS) is 11.8. The van der Waals surface area contributed by atoms with Gasteiger partial charge in [0.25, 0.3) is 0 Å². The summed E-state index contributed by atoms with van der Waals surface area (Å²) in [7, 11) is 0. The molecule has 0 aliphatic carbocycles. The van der Waals surface area contributed by atoms with E-state index >= 15 is 0 Å². The number of hydrogen-bond donors (Lipinski definition) is 0. The van der Waals surface area contributed by atoms with Crippen molar-refractivity contribution < 1.29 is 8.83 Å². The second kappa shape index (κ2) is 10.1. The summed E-state index contributed by atoms with van der Waals surface area (Å²) in [6.45, 7) is 0. The number of rotatable bonds is 4. The molecule has 0 radical (unpaired) electrons. The zero-order valence-corrected chi connectivity index (χ0v) is 25.2. The van der Waals surface area contributed by atoms with Crippen molar-refractivity contribution in [3.05, 3.63) is 158 Å². The summed E-state index contributed by atoms with van der Waals surface area (Å²) in [4.78, 5) is 6.66. The summed E-state index contributed by atoms with van der Waals surface area (Å²) in [5.74, 6) is 0. The van der Waals surface area contributed by atoms with Crippen LogP contribution in [0, 0.1) is 0 Å². The van der Waals surface area contributed by atoms with Gasteiger partial charge in [-0.1, -0.05) is 66.7 Å². The van der Waals surface area contributed by atoms with Crippen LogP contribution in [-0.2, 0) is 0 Å². The molecule has 0 saturated heterocycles. The smallest absolute Gasteiger partial charge is 0.136 e. The van der Waals surface area contributed by atoms with Crippen molar-refractivity contribution in [3.8, 4) is 11.1 Å². The number of para-hydroxylation sites is 2. The van der Waals surface area contributed by atoms with Crippen molar-refractivity contribution in [3.63, 3.8) is 0 Å². The van der Waals surface area contributed by atoms with E-state index in [4.69, 9.17) is 8.83 Å². The van der Waals surface area contributed by atoms with Gasteiger partial charge in [0.2, 0.25) is 0 Å². The van der Waals surface area contributed by atoms with Crippen LogP contribution in [0.25, 0.3) is 76.5 Å². The average molecular weight is 603 g/mol. The number of nitrogens with zero attached hydrogens (tertiary/aromatic N) is 2. The van der Waals surface area contributed by atoms with Gasteiger partial charge in [-0.25, -0.2) is 0 Å². The molecule has 7 aromatic carbocycles. The van der Waals surface area contributed by atoms with Crippen molar-refractivity contribution in [2.24, 2.45) is 0 Å². The molecule has 0 bridgehead atoms. The van der Waals surface area contributed by atoms with E-state index in [9.17, 15) is 0 Å². The van der Waals surface area contributed by atoms with E-state index in [0.717, 1.165) is 93.6 Å². The Kier molecular flexibility index (Phi) is 5.54. The van der Waals surface area contributed by atoms with Crippen LogP contribution in [-0.4, -0.2) is 4.98 Å². The van der Waals surface area contributed by atoms with Crippen LogP contribution in [0.2, 0.25) is 0 Å². The number of fused-ring (bicyclic) bond motifs is 8. The lowest BCUT2D eigenvalue weighted by atomic mass is 10.0. The molecular weight excluding hydrogens is 576 g/mol. The van der Waals surface area contributed by atoms with Gasteiger partial charge in [-0.3, -0.25) is 4.98 Å². The van der Waals surface area contributed by atoms with Crippen molar-refractivity contribution in [2.75, 3.05) is 4.90 Å². The fourth-order valence-corrected chi connectivity index (χ4v) is 6.97. The number of furan rings is 2. The van der Waals surface area contributed by atoms with Crippen molar-refractivity contribution in [1.82, 2.24) is 4.98 Å². The van der Waals surface area contributed by atoms with E-state index in [-0.39, 0.29) is 0 Å². The fourth-order valence-electron chi connectivity index (χ4n) is 6.97. The molecule has 0 saturated carbocycles. The predicted molar refractivity (Wildman–Crippen MR) is 194 cm³/mol. The molecule has 4 heteroatoms. The fraction of sp³-hybridized carbons (Fsp3) is 0. The third-order valence-corrected chi connectivity index (χ3v) is 9.28. The van der Waals surface area contributed by atoms with Gasteiger partial charge in [0.1, 0.15) is 22.3 Å². The summed E-state index contributed by atoms with van der Waals surface area (Å²) < 4.78 is 12.4. The highest BCUT2D eigenvalue weighted by Crippen LogP contribution is 2.41. The third-order valence-electron chi connectivity index (χ3n) is 9.28. The number of benzene rings is 7. The number of hydrogen-bond acceptors (Lipinski definition) is 4. The summed E-state index contributed by atoms with van der Waals surface area (Å²) in [6, 6.07) is 51.4. The van der Waals surface area contributed by atoms with Crippen molar-refractivity contribution >= 4 is 82.5 Å². The Balaban J connectivity index is 1.16. The van der Waals surface area contributed by atoms with Gasteiger partial charge in [-0.2, -0.15) is 0 Å². The minimum atomic E-state index is 0.905. The van der Waals surface area contributed by atoms with Crippen LogP contribution in [0.4, 0.5) is 17.1 Å². The zero-order chi connectivity index (χ0) is 30.9. The first-order valence-electron chi connectivity index (χ1n) is 15.8. The van der Waals surface area contributed by atoms with Gasteiger partial charge in [-0.05, 0) is 112 Å². The topological polar surface area (TPSA) is 42.4 Å². The summed E-state index contributed by atoms with van der Waals surface area (Å²) in [5, 5.41) is 9.10. The lowest BCUT2D eigenvalue weighted by molar-refractivity contribution is 0.669. The molecule has 10 rings (SSSR count). The summed E-state index contributed by atoms with van der Waals surface area (Å²) >= 11 is 0. The Morgan fingerprint density at radius 1 is 0.383 bits per heavy atom. The first-order chi connectivity index (χ1) is 23.2. The first-order valence-corrected chi connectivity index (χ1v) is 15.8. The standard InChI is InChI=1S/C43H26N2O2/c1-3-9-40-36(7-1)38-22-31-20-34(17-13-28(31)24-42(38)46-40)45(33-15-11-27(12-16-33)30-6-5-19-44-26-30)35-18-14-29-25-43-39(23-32(29)21-35)37-8-2-4-10-41(37)47-43/h1-26H. The Bertz CT molecular complexity index is 2640. The van der Waals surface area contributed by atoms with Crippen LogP contribution in [0.5, 0.6) is 0 Å². The Morgan fingerprint density at radius 2 is 0.936 bits per heavy atom. The average Bonchev–Trinajstić information content (AvgIpc) is 3.67. The van der Waals surface area contributed by atoms with Crippen LogP contribution in [0.1, 0.15) is 0 Å². The Hall–Kier alpha value is -6.39. The largest absolute Gasteiger partial charge is 0.456 e. The molecule has 0 aliphatic heterocycles. The lowest BCUT2D eigenvalue weighted by Crippen LogP contribution is -2.09. The van der Waals surface area contributed by atoms with E-state index in [2.05, 4.69) is 125 Å². The highest BCUT2D eigenvalue weighted by atomic mass is 16.3.